The molecule has 0 unspecified atom stereocenters. The van der Waals surface area contributed by atoms with Crippen LogP contribution in [0.5, 0.6) is 0 Å². The topological polar surface area (TPSA) is 60.9 Å². The second-order valence-corrected chi connectivity index (χ2v) is 4.23. The largest absolute Gasteiger partial charge is 0.369 e. The maximum absolute atomic E-state index is 10.8. The van der Waals surface area contributed by atoms with E-state index in [1.165, 1.54) is 0 Å². The van der Waals surface area contributed by atoms with Crippen LogP contribution in [0.3, 0.4) is 0 Å². The summed E-state index contributed by atoms with van der Waals surface area (Å²) >= 11 is 3.28. The standard InChI is InChI=1S/C11H10BrN3O/c12-10-6-15(7-14-10)9-3-1-2-8(4-9)5-11(13)16/h1-4,6-7H,5H2,(H2,13,16). The third kappa shape index (κ3) is 2.49. The van der Waals surface area contributed by atoms with E-state index in [1.807, 2.05) is 35.0 Å². The van der Waals surface area contributed by atoms with Crippen LogP contribution in [-0.4, -0.2) is 15.5 Å². The van der Waals surface area contributed by atoms with Gasteiger partial charge < -0.3 is 10.3 Å². The van der Waals surface area contributed by atoms with Crippen molar-refractivity contribution in [3.05, 3.63) is 47.0 Å². The van der Waals surface area contributed by atoms with Crippen LogP contribution in [0, 0.1) is 0 Å². The number of nitrogens with two attached hydrogens (primary N) is 1. The van der Waals surface area contributed by atoms with Crippen LogP contribution in [0.15, 0.2) is 41.4 Å². The highest BCUT2D eigenvalue weighted by atomic mass is 79.9. The minimum Gasteiger partial charge on any atom is -0.369 e. The Balaban J connectivity index is 2.32. The normalized spacial score (nSPS) is 10.3. The first kappa shape index (κ1) is 10.9. The van der Waals surface area contributed by atoms with Gasteiger partial charge in [0.15, 0.2) is 0 Å². The van der Waals surface area contributed by atoms with Crippen LogP contribution in [0.2, 0.25) is 0 Å². The molecule has 1 amide bonds. The van der Waals surface area contributed by atoms with E-state index in [4.69, 9.17) is 5.73 Å². The lowest BCUT2D eigenvalue weighted by atomic mass is 10.1. The Morgan fingerprint density at radius 3 is 2.94 bits per heavy atom. The number of benzene rings is 1. The Morgan fingerprint density at radius 1 is 1.50 bits per heavy atom. The summed E-state index contributed by atoms with van der Waals surface area (Å²) in [6, 6.07) is 7.62. The van der Waals surface area contributed by atoms with Crippen molar-refractivity contribution in [2.75, 3.05) is 0 Å². The van der Waals surface area contributed by atoms with E-state index >= 15 is 0 Å². The minimum atomic E-state index is -0.330. The van der Waals surface area contributed by atoms with Crippen LogP contribution >= 0.6 is 15.9 Å². The van der Waals surface area contributed by atoms with Gasteiger partial charge in [0.1, 0.15) is 10.9 Å². The van der Waals surface area contributed by atoms with E-state index in [9.17, 15) is 4.79 Å². The summed E-state index contributed by atoms with van der Waals surface area (Å²) in [5.41, 5.74) is 7.01. The van der Waals surface area contributed by atoms with Crippen LogP contribution in [0.25, 0.3) is 5.69 Å². The van der Waals surface area contributed by atoms with Crippen molar-refractivity contribution in [2.45, 2.75) is 6.42 Å². The molecule has 1 aromatic heterocycles. The van der Waals surface area contributed by atoms with Gasteiger partial charge in [0.25, 0.3) is 0 Å². The number of primary amides is 1. The Hall–Kier alpha value is -1.62. The Labute approximate surface area is 101 Å². The zero-order valence-corrected chi connectivity index (χ0v) is 10.0. The molecular weight excluding hydrogens is 270 g/mol. The fourth-order valence-electron chi connectivity index (χ4n) is 1.47. The number of nitrogens with zero attached hydrogens (tertiary/aromatic N) is 2. The van der Waals surface area contributed by atoms with Crippen molar-refractivity contribution in [3.8, 4) is 5.69 Å². The van der Waals surface area contributed by atoms with E-state index < -0.39 is 0 Å². The molecule has 2 N–H and O–H groups in total. The van der Waals surface area contributed by atoms with E-state index in [0.29, 0.717) is 0 Å². The molecule has 2 rings (SSSR count). The van der Waals surface area contributed by atoms with Gasteiger partial charge in [-0.05, 0) is 33.6 Å². The summed E-state index contributed by atoms with van der Waals surface area (Å²) in [5.74, 6) is -0.330. The number of halogens is 1. The van der Waals surface area contributed by atoms with E-state index in [0.717, 1.165) is 15.9 Å². The van der Waals surface area contributed by atoms with Gasteiger partial charge in [-0.3, -0.25) is 4.79 Å². The van der Waals surface area contributed by atoms with Crippen molar-refractivity contribution < 1.29 is 4.79 Å². The molecular formula is C11H10BrN3O. The van der Waals surface area contributed by atoms with Crippen LogP contribution in [0.4, 0.5) is 0 Å². The fraction of sp³-hybridized carbons (Fsp3) is 0.0909. The molecule has 1 heterocycles. The predicted molar refractivity (Wildman–Crippen MR) is 64.2 cm³/mol. The van der Waals surface area contributed by atoms with Gasteiger partial charge in [0.2, 0.25) is 5.91 Å². The molecule has 0 aliphatic rings. The quantitative estimate of drug-likeness (QED) is 0.929. The van der Waals surface area contributed by atoms with Gasteiger partial charge in [-0.15, -0.1) is 0 Å². The first-order chi connectivity index (χ1) is 7.65. The number of hydrogen-bond donors (Lipinski definition) is 1. The van der Waals surface area contributed by atoms with Gasteiger partial charge in [-0.1, -0.05) is 12.1 Å². The lowest BCUT2D eigenvalue weighted by Crippen LogP contribution is -2.13. The summed E-state index contributed by atoms with van der Waals surface area (Å²) in [7, 11) is 0. The first-order valence-electron chi connectivity index (χ1n) is 4.72. The second-order valence-electron chi connectivity index (χ2n) is 3.42. The number of amides is 1. The summed E-state index contributed by atoms with van der Waals surface area (Å²) in [5, 5.41) is 0. The molecule has 0 atom stereocenters. The molecule has 0 aliphatic carbocycles. The first-order valence-corrected chi connectivity index (χ1v) is 5.51. The Morgan fingerprint density at radius 2 is 2.31 bits per heavy atom. The van der Waals surface area contributed by atoms with Crippen molar-refractivity contribution in [3.63, 3.8) is 0 Å². The third-order valence-electron chi connectivity index (χ3n) is 2.14. The molecule has 0 spiro atoms. The highest BCUT2D eigenvalue weighted by molar-refractivity contribution is 9.10. The lowest BCUT2D eigenvalue weighted by molar-refractivity contribution is -0.117. The molecule has 0 bridgehead atoms. The van der Waals surface area contributed by atoms with Crippen molar-refractivity contribution >= 4 is 21.8 Å². The predicted octanol–water partition coefficient (Wildman–Crippen LogP) is 1.66. The second kappa shape index (κ2) is 4.49. The Bertz CT molecular complexity index is 521. The number of carbonyl (C=O) groups is 1. The van der Waals surface area contributed by atoms with Gasteiger partial charge >= 0.3 is 0 Å². The maximum Gasteiger partial charge on any atom is 0.221 e. The average Bonchev–Trinajstić information content (AvgIpc) is 2.64. The van der Waals surface area contributed by atoms with E-state index in [-0.39, 0.29) is 12.3 Å². The van der Waals surface area contributed by atoms with Crippen LogP contribution < -0.4 is 5.73 Å². The molecule has 0 saturated carbocycles. The number of imidazole rings is 1. The van der Waals surface area contributed by atoms with Crippen LogP contribution in [-0.2, 0) is 11.2 Å². The third-order valence-corrected chi connectivity index (χ3v) is 2.55. The molecule has 5 heteroatoms. The van der Waals surface area contributed by atoms with Gasteiger partial charge in [0, 0.05) is 11.9 Å². The highest BCUT2D eigenvalue weighted by Crippen LogP contribution is 2.14. The Kier molecular flexibility index (Phi) is 3.05. The van der Waals surface area contributed by atoms with Gasteiger partial charge in [-0.25, -0.2) is 4.98 Å². The van der Waals surface area contributed by atoms with Crippen molar-refractivity contribution in [1.29, 1.82) is 0 Å². The molecule has 0 saturated heterocycles. The molecule has 4 nitrogen and oxygen atoms in total. The molecule has 2 aromatic rings. The number of hydrogen-bond acceptors (Lipinski definition) is 2. The summed E-state index contributed by atoms with van der Waals surface area (Å²) in [6.07, 6.45) is 3.81. The SMILES string of the molecule is NC(=O)Cc1cccc(-n2cnc(Br)c2)c1. The molecule has 1 aromatic carbocycles. The summed E-state index contributed by atoms with van der Waals surface area (Å²) in [4.78, 5) is 14.9. The zero-order chi connectivity index (χ0) is 11.5. The number of rotatable bonds is 3. The summed E-state index contributed by atoms with van der Waals surface area (Å²) in [6.45, 7) is 0. The van der Waals surface area contributed by atoms with Crippen molar-refractivity contribution in [2.24, 2.45) is 5.73 Å². The molecule has 16 heavy (non-hydrogen) atoms. The molecule has 0 fully saturated rings. The highest BCUT2D eigenvalue weighted by Gasteiger charge is 2.02. The fourth-order valence-corrected chi connectivity index (χ4v) is 1.78. The van der Waals surface area contributed by atoms with Gasteiger partial charge in [0.05, 0.1) is 6.42 Å². The van der Waals surface area contributed by atoms with E-state index in [1.54, 1.807) is 6.33 Å². The monoisotopic (exact) mass is 279 g/mol. The van der Waals surface area contributed by atoms with Crippen molar-refractivity contribution in [1.82, 2.24) is 9.55 Å². The smallest absolute Gasteiger partial charge is 0.221 e. The lowest BCUT2D eigenvalue weighted by Gasteiger charge is -2.04. The number of aromatic nitrogens is 2. The van der Waals surface area contributed by atoms with Gasteiger partial charge in [-0.2, -0.15) is 0 Å². The van der Waals surface area contributed by atoms with Crippen LogP contribution in [0.1, 0.15) is 5.56 Å². The average molecular weight is 280 g/mol. The molecule has 0 aliphatic heterocycles. The zero-order valence-electron chi connectivity index (χ0n) is 8.43. The maximum atomic E-state index is 10.8. The summed E-state index contributed by atoms with van der Waals surface area (Å²) < 4.78 is 2.64. The number of carbonyl (C=O) groups excluding carboxylic acids is 1. The molecule has 0 radical (unpaired) electrons. The molecule has 82 valence electrons. The van der Waals surface area contributed by atoms with E-state index in [2.05, 4.69) is 20.9 Å². The minimum absolute atomic E-state index is 0.254.